The summed E-state index contributed by atoms with van der Waals surface area (Å²) < 4.78 is 0. The van der Waals surface area contributed by atoms with Crippen LogP contribution in [0.15, 0.2) is 4.99 Å². The van der Waals surface area contributed by atoms with Crippen molar-refractivity contribution in [3.8, 4) is 0 Å². The maximum Gasteiger partial charge on any atom is 0.326 e. The lowest BCUT2D eigenvalue weighted by Crippen LogP contribution is -2.60. The van der Waals surface area contributed by atoms with E-state index in [0.29, 0.717) is 12.8 Å². The van der Waals surface area contributed by atoms with Crippen molar-refractivity contribution in [2.45, 2.75) is 84.2 Å². The Labute approximate surface area is 200 Å². The number of hydrogen-bond acceptors (Lipinski definition) is 7. The fourth-order valence-electron chi connectivity index (χ4n) is 3.08. The van der Waals surface area contributed by atoms with Gasteiger partial charge in [0, 0.05) is 6.54 Å². The van der Waals surface area contributed by atoms with Crippen LogP contribution in [0.1, 0.15) is 53.9 Å². The average molecular weight is 488 g/mol. The molecule has 0 fully saturated rings. The fraction of sp³-hybridized carbons (Fsp3) is 0.762. The van der Waals surface area contributed by atoms with Gasteiger partial charge < -0.3 is 43.4 Å². The Bertz CT molecular complexity index is 722. The number of aliphatic hydroxyl groups excluding tert-OH is 1. The van der Waals surface area contributed by atoms with Gasteiger partial charge in [0.05, 0.1) is 12.1 Å². The molecule has 0 aromatic heterocycles. The lowest BCUT2D eigenvalue weighted by Gasteiger charge is -2.27. The molecule has 5 atom stereocenters. The van der Waals surface area contributed by atoms with Crippen molar-refractivity contribution in [3.63, 3.8) is 0 Å². The first kappa shape index (κ1) is 31.1. The third kappa shape index (κ3) is 11.8. The molecule has 3 amide bonds. The SMILES string of the molecule is CC(C)CC(N)C(=O)NC(CCCN=C(N)N)C(=O)NC(C(=O)NC(C(=O)O)C(C)C)C(C)O. The van der Waals surface area contributed by atoms with Gasteiger partial charge in [-0.3, -0.25) is 19.4 Å². The van der Waals surface area contributed by atoms with Crippen LogP contribution in [0, 0.1) is 11.8 Å². The van der Waals surface area contributed by atoms with E-state index < -0.39 is 59.9 Å². The van der Waals surface area contributed by atoms with Crippen molar-refractivity contribution >= 4 is 29.7 Å². The predicted octanol–water partition coefficient (Wildman–Crippen LogP) is -2.01. The van der Waals surface area contributed by atoms with E-state index in [1.807, 2.05) is 13.8 Å². The Morgan fingerprint density at radius 1 is 0.882 bits per heavy atom. The van der Waals surface area contributed by atoms with E-state index in [1.165, 1.54) is 6.92 Å². The summed E-state index contributed by atoms with van der Waals surface area (Å²) in [6.45, 7) is 8.50. The first-order valence-electron chi connectivity index (χ1n) is 11.3. The molecule has 0 heterocycles. The summed E-state index contributed by atoms with van der Waals surface area (Å²) >= 11 is 0. The molecular weight excluding hydrogens is 446 g/mol. The van der Waals surface area contributed by atoms with E-state index in [9.17, 15) is 29.4 Å². The van der Waals surface area contributed by atoms with Crippen LogP contribution in [0.2, 0.25) is 0 Å². The van der Waals surface area contributed by atoms with E-state index >= 15 is 0 Å². The molecule has 0 saturated carbocycles. The fourth-order valence-corrected chi connectivity index (χ4v) is 3.08. The third-order valence-corrected chi connectivity index (χ3v) is 4.93. The van der Waals surface area contributed by atoms with Gasteiger partial charge >= 0.3 is 5.97 Å². The molecule has 13 heteroatoms. The van der Waals surface area contributed by atoms with Crippen LogP contribution in [0.3, 0.4) is 0 Å². The van der Waals surface area contributed by atoms with E-state index in [1.54, 1.807) is 13.8 Å². The molecule has 0 aliphatic rings. The molecule has 0 radical (unpaired) electrons. The average Bonchev–Trinajstić information content (AvgIpc) is 2.70. The number of carboxylic acid groups (broad SMARTS) is 1. The summed E-state index contributed by atoms with van der Waals surface area (Å²) in [7, 11) is 0. The number of hydrogen-bond donors (Lipinski definition) is 8. The molecule has 0 rings (SSSR count). The second kappa shape index (κ2) is 15.1. The number of nitrogens with zero attached hydrogens (tertiary/aromatic N) is 1. The molecule has 13 nitrogen and oxygen atoms in total. The van der Waals surface area contributed by atoms with E-state index in [4.69, 9.17) is 17.2 Å². The van der Waals surface area contributed by atoms with Crippen LogP contribution < -0.4 is 33.2 Å². The second-order valence-electron chi connectivity index (χ2n) is 9.04. The zero-order chi connectivity index (χ0) is 26.6. The van der Waals surface area contributed by atoms with Gasteiger partial charge in [-0.15, -0.1) is 0 Å². The monoisotopic (exact) mass is 487 g/mol. The molecule has 5 unspecified atom stereocenters. The smallest absolute Gasteiger partial charge is 0.326 e. The quantitative estimate of drug-likeness (QED) is 0.0722. The summed E-state index contributed by atoms with van der Waals surface area (Å²) in [5.74, 6) is -3.80. The molecule has 34 heavy (non-hydrogen) atoms. The highest BCUT2D eigenvalue weighted by Gasteiger charge is 2.33. The zero-order valence-corrected chi connectivity index (χ0v) is 20.6. The molecule has 0 aliphatic carbocycles. The summed E-state index contributed by atoms with van der Waals surface area (Å²) in [6, 6.07) is -4.59. The molecule has 196 valence electrons. The van der Waals surface area contributed by atoms with E-state index in [2.05, 4.69) is 20.9 Å². The number of nitrogens with one attached hydrogen (secondary N) is 3. The van der Waals surface area contributed by atoms with Crippen LogP contribution in [-0.4, -0.2) is 76.7 Å². The van der Waals surface area contributed by atoms with Crippen LogP contribution in [-0.2, 0) is 19.2 Å². The summed E-state index contributed by atoms with van der Waals surface area (Å²) in [5.41, 5.74) is 16.5. The van der Waals surface area contributed by atoms with E-state index in [0.717, 1.165) is 0 Å². The van der Waals surface area contributed by atoms with E-state index in [-0.39, 0.29) is 24.8 Å². The Morgan fingerprint density at radius 3 is 1.88 bits per heavy atom. The Hall–Kier alpha value is -2.93. The molecule has 0 bridgehead atoms. The molecular formula is C21H41N7O6. The van der Waals surface area contributed by atoms with Crippen molar-refractivity contribution in [1.29, 1.82) is 0 Å². The first-order valence-corrected chi connectivity index (χ1v) is 11.3. The standard InChI is InChI=1S/C21H41N7O6/c1-10(2)9-13(22)17(30)26-14(7-6-8-25-21(23)24)18(31)28-16(12(5)29)19(32)27-15(11(3)4)20(33)34/h10-16,29H,6-9,22H2,1-5H3,(H,26,30)(H,27,32)(H,28,31)(H,33,34)(H4,23,24,25). The number of carbonyl (C=O) groups is 4. The number of aliphatic imine (C=N–C) groups is 1. The van der Waals surface area contributed by atoms with Crippen molar-refractivity contribution in [1.82, 2.24) is 16.0 Å². The Morgan fingerprint density at radius 2 is 1.44 bits per heavy atom. The molecule has 0 aromatic carbocycles. The van der Waals surface area contributed by atoms with Gasteiger partial charge in [-0.2, -0.15) is 0 Å². The van der Waals surface area contributed by atoms with Gasteiger partial charge in [0.2, 0.25) is 17.7 Å². The largest absolute Gasteiger partial charge is 0.480 e. The highest BCUT2D eigenvalue weighted by atomic mass is 16.4. The van der Waals surface area contributed by atoms with Gasteiger partial charge in [0.25, 0.3) is 0 Å². The van der Waals surface area contributed by atoms with Crippen molar-refractivity contribution < 1.29 is 29.4 Å². The minimum absolute atomic E-state index is 0.118. The van der Waals surface area contributed by atoms with Crippen LogP contribution in [0.25, 0.3) is 0 Å². The number of amides is 3. The molecule has 0 aliphatic heterocycles. The zero-order valence-electron chi connectivity index (χ0n) is 20.6. The van der Waals surface area contributed by atoms with Gasteiger partial charge in [-0.25, -0.2) is 4.79 Å². The minimum atomic E-state index is -1.45. The number of guanidine groups is 1. The number of aliphatic hydroxyl groups is 1. The highest BCUT2D eigenvalue weighted by molar-refractivity contribution is 5.94. The minimum Gasteiger partial charge on any atom is -0.480 e. The number of aliphatic carboxylic acids is 1. The summed E-state index contributed by atoms with van der Waals surface area (Å²) in [4.78, 5) is 53.4. The van der Waals surface area contributed by atoms with Gasteiger partial charge in [-0.1, -0.05) is 27.7 Å². The molecule has 0 spiro atoms. The molecule has 0 saturated heterocycles. The van der Waals surface area contributed by atoms with Crippen molar-refractivity contribution in [2.24, 2.45) is 34.0 Å². The number of carboxylic acids is 1. The molecule has 0 aromatic rings. The number of carbonyl (C=O) groups excluding carboxylic acids is 3. The Balaban J connectivity index is 5.52. The van der Waals surface area contributed by atoms with Gasteiger partial charge in [-0.05, 0) is 38.0 Å². The van der Waals surface area contributed by atoms with Crippen molar-refractivity contribution in [3.05, 3.63) is 0 Å². The topological polar surface area (TPSA) is 235 Å². The predicted molar refractivity (Wildman–Crippen MR) is 127 cm³/mol. The second-order valence-corrected chi connectivity index (χ2v) is 9.04. The lowest BCUT2D eigenvalue weighted by molar-refractivity contribution is -0.144. The maximum absolute atomic E-state index is 13.0. The maximum atomic E-state index is 13.0. The lowest BCUT2D eigenvalue weighted by atomic mass is 10.0. The normalized spacial score (nSPS) is 15.6. The molecule has 11 N–H and O–H groups in total. The summed E-state index contributed by atoms with van der Waals surface area (Å²) in [5, 5.41) is 26.7. The van der Waals surface area contributed by atoms with Gasteiger partial charge in [0.1, 0.15) is 18.1 Å². The van der Waals surface area contributed by atoms with Crippen LogP contribution >= 0.6 is 0 Å². The number of nitrogens with two attached hydrogens (primary N) is 3. The van der Waals surface area contributed by atoms with Crippen LogP contribution in [0.4, 0.5) is 0 Å². The highest BCUT2D eigenvalue weighted by Crippen LogP contribution is 2.07. The van der Waals surface area contributed by atoms with Gasteiger partial charge in [0.15, 0.2) is 5.96 Å². The van der Waals surface area contributed by atoms with Crippen LogP contribution in [0.5, 0.6) is 0 Å². The summed E-state index contributed by atoms with van der Waals surface area (Å²) in [6.07, 6.45) is -0.485. The Kier molecular flexibility index (Phi) is 13.8. The number of rotatable bonds is 15. The van der Waals surface area contributed by atoms with Crippen molar-refractivity contribution in [2.75, 3.05) is 6.54 Å². The third-order valence-electron chi connectivity index (χ3n) is 4.93. The first-order chi connectivity index (χ1) is 15.7.